The van der Waals surface area contributed by atoms with E-state index in [0.29, 0.717) is 12.5 Å². The first kappa shape index (κ1) is 17.3. The number of carbonyl (C=O) groups is 1. The first-order valence-electron chi connectivity index (χ1n) is 7.35. The van der Waals surface area contributed by atoms with Crippen molar-refractivity contribution >= 4 is 6.03 Å². The van der Waals surface area contributed by atoms with Gasteiger partial charge in [-0.3, -0.25) is 0 Å². The molecule has 5 heteroatoms. The highest BCUT2D eigenvalue weighted by molar-refractivity contribution is 5.73. The Hall–Kier alpha value is -1.75. The van der Waals surface area contributed by atoms with Crippen molar-refractivity contribution in [1.82, 2.24) is 10.6 Å². The molecule has 1 atom stereocenters. The molecular formula is C16H26N2O3. The van der Waals surface area contributed by atoms with Crippen LogP contribution in [-0.4, -0.2) is 30.3 Å². The Balaban J connectivity index is 2.41. The molecule has 5 nitrogen and oxygen atoms in total. The number of rotatable bonds is 7. The Bertz CT molecular complexity index is 430. The first-order chi connectivity index (χ1) is 9.88. The Labute approximate surface area is 126 Å². The zero-order valence-corrected chi connectivity index (χ0v) is 13.2. The van der Waals surface area contributed by atoms with E-state index in [-0.39, 0.29) is 18.7 Å². The molecule has 0 spiro atoms. The molecule has 1 aromatic rings. The fraction of sp³-hybridized carbons (Fsp3) is 0.562. The summed E-state index contributed by atoms with van der Waals surface area (Å²) in [5, 5.41) is 15.4. The van der Waals surface area contributed by atoms with Gasteiger partial charge >= 0.3 is 6.03 Å². The number of hydrogen-bond donors (Lipinski definition) is 3. The molecule has 0 saturated heterocycles. The molecule has 1 aromatic carbocycles. The fourth-order valence-electron chi connectivity index (χ4n) is 1.71. The van der Waals surface area contributed by atoms with Gasteiger partial charge in [-0.2, -0.15) is 0 Å². The van der Waals surface area contributed by atoms with Gasteiger partial charge in [-0.15, -0.1) is 0 Å². The molecule has 0 aliphatic rings. The van der Waals surface area contributed by atoms with E-state index in [4.69, 9.17) is 4.74 Å². The van der Waals surface area contributed by atoms with Crippen LogP contribution in [0, 0.1) is 5.92 Å². The molecule has 1 unspecified atom stereocenters. The summed E-state index contributed by atoms with van der Waals surface area (Å²) in [4.78, 5) is 11.5. The molecule has 1 rings (SSSR count). The Kier molecular flexibility index (Phi) is 7.02. The number of amides is 2. The molecule has 3 N–H and O–H groups in total. The molecule has 2 amide bonds. The summed E-state index contributed by atoms with van der Waals surface area (Å²) >= 11 is 0. The minimum atomic E-state index is -0.733. The number of ether oxygens (including phenoxy) is 1. The summed E-state index contributed by atoms with van der Waals surface area (Å²) < 4.78 is 5.54. The molecule has 0 radical (unpaired) electrons. The minimum absolute atomic E-state index is 0.118. The SMILES string of the molecule is CC(C)CNC(=O)NCC(O)c1ccc(OC(C)C)cc1. The molecule has 0 saturated carbocycles. The zero-order chi connectivity index (χ0) is 15.8. The molecule has 21 heavy (non-hydrogen) atoms. The van der Waals surface area contributed by atoms with E-state index in [9.17, 15) is 9.90 Å². The van der Waals surface area contributed by atoms with Gasteiger partial charge in [-0.25, -0.2) is 4.79 Å². The van der Waals surface area contributed by atoms with Gasteiger partial charge in [-0.05, 0) is 37.5 Å². The summed E-state index contributed by atoms with van der Waals surface area (Å²) in [6, 6.07) is 6.98. The van der Waals surface area contributed by atoms with E-state index in [2.05, 4.69) is 10.6 Å². The summed E-state index contributed by atoms with van der Waals surface area (Å²) in [5.74, 6) is 1.16. The van der Waals surface area contributed by atoms with Crippen LogP contribution in [0.1, 0.15) is 39.4 Å². The number of hydrogen-bond acceptors (Lipinski definition) is 3. The lowest BCUT2D eigenvalue weighted by Gasteiger charge is -2.15. The number of carbonyl (C=O) groups excluding carboxylic acids is 1. The maximum absolute atomic E-state index is 11.5. The van der Waals surface area contributed by atoms with Crippen molar-refractivity contribution in [2.75, 3.05) is 13.1 Å². The average molecular weight is 294 g/mol. The van der Waals surface area contributed by atoms with Gasteiger partial charge in [0.2, 0.25) is 0 Å². The van der Waals surface area contributed by atoms with Gasteiger partial charge in [0.05, 0.1) is 12.2 Å². The predicted molar refractivity (Wildman–Crippen MR) is 83.4 cm³/mol. The Morgan fingerprint density at radius 1 is 1.10 bits per heavy atom. The maximum Gasteiger partial charge on any atom is 0.314 e. The molecule has 0 aromatic heterocycles. The fourth-order valence-corrected chi connectivity index (χ4v) is 1.71. The third kappa shape index (κ3) is 6.99. The lowest BCUT2D eigenvalue weighted by atomic mass is 10.1. The zero-order valence-electron chi connectivity index (χ0n) is 13.2. The van der Waals surface area contributed by atoms with E-state index in [0.717, 1.165) is 11.3 Å². The van der Waals surface area contributed by atoms with Crippen LogP contribution in [-0.2, 0) is 0 Å². The molecule has 0 aliphatic carbocycles. The summed E-state index contributed by atoms with van der Waals surface area (Å²) in [7, 11) is 0. The highest BCUT2D eigenvalue weighted by Gasteiger charge is 2.10. The van der Waals surface area contributed by atoms with Crippen LogP contribution in [0.2, 0.25) is 0 Å². The van der Waals surface area contributed by atoms with Crippen LogP contribution < -0.4 is 15.4 Å². The second kappa shape index (κ2) is 8.52. The van der Waals surface area contributed by atoms with Crippen molar-refractivity contribution in [3.63, 3.8) is 0 Å². The molecule has 0 aliphatic heterocycles. The Morgan fingerprint density at radius 2 is 1.67 bits per heavy atom. The lowest BCUT2D eigenvalue weighted by molar-refractivity contribution is 0.172. The van der Waals surface area contributed by atoms with Gasteiger partial charge in [0.15, 0.2) is 0 Å². The van der Waals surface area contributed by atoms with Crippen molar-refractivity contribution in [2.45, 2.75) is 39.9 Å². The second-order valence-electron chi connectivity index (χ2n) is 5.74. The van der Waals surface area contributed by atoms with Gasteiger partial charge in [-0.1, -0.05) is 26.0 Å². The van der Waals surface area contributed by atoms with E-state index in [1.54, 1.807) is 12.1 Å². The molecular weight excluding hydrogens is 268 g/mol. The van der Waals surface area contributed by atoms with Crippen LogP contribution in [0.25, 0.3) is 0 Å². The largest absolute Gasteiger partial charge is 0.491 e. The van der Waals surface area contributed by atoms with Crippen LogP contribution in [0.5, 0.6) is 5.75 Å². The molecule has 0 fully saturated rings. The van der Waals surface area contributed by atoms with Gasteiger partial charge in [0.1, 0.15) is 5.75 Å². The lowest BCUT2D eigenvalue weighted by Crippen LogP contribution is -2.39. The third-order valence-corrected chi connectivity index (χ3v) is 2.76. The van der Waals surface area contributed by atoms with E-state index < -0.39 is 6.10 Å². The van der Waals surface area contributed by atoms with Gasteiger partial charge in [0, 0.05) is 13.1 Å². The van der Waals surface area contributed by atoms with Crippen LogP contribution in [0.4, 0.5) is 4.79 Å². The number of benzene rings is 1. The normalized spacial score (nSPS) is 12.3. The quantitative estimate of drug-likeness (QED) is 0.723. The number of nitrogens with one attached hydrogen (secondary N) is 2. The summed E-state index contributed by atoms with van der Waals surface area (Å²) in [6.07, 6.45) is -0.616. The van der Waals surface area contributed by atoms with E-state index in [1.165, 1.54) is 0 Å². The summed E-state index contributed by atoms with van der Waals surface area (Å²) in [6.45, 7) is 8.76. The monoisotopic (exact) mass is 294 g/mol. The highest BCUT2D eigenvalue weighted by atomic mass is 16.5. The van der Waals surface area contributed by atoms with Crippen molar-refractivity contribution in [3.05, 3.63) is 29.8 Å². The van der Waals surface area contributed by atoms with Gasteiger partial charge in [0.25, 0.3) is 0 Å². The third-order valence-electron chi connectivity index (χ3n) is 2.76. The topological polar surface area (TPSA) is 70.6 Å². The van der Waals surface area contributed by atoms with Crippen molar-refractivity contribution in [2.24, 2.45) is 5.92 Å². The molecule has 118 valence electrons. The Morgan fingerprint density at radius 3 is 2.19 bits per heavy atom. The van der Waals surface area contributed by atoms with E-state index >= 15 is 0 Å². The van der Waals surface area contributed by atoms with Crippen LogP contribution in [0.15, 0.2) is 24.3 Å². The second-order valence-corrected chi connectivity index (χ2v) is 5.74. The maximum atomic E-state index is 11.5. The van der Waals surface area contributed by atoms with Crippen molar-refractivity contribution in [3.8, 4) is 5.75 Å². The van der Waals surface area contributed by atoms with Crippen molar-refractivity contribution in [1.29, 1.82) is 0 Å². The van der Waals surface area contributed by atoms with Crippen LogP contribution in [0.3, 0.4) is 0 Å². The number of urea groups is 1. The van der Waals surface area contributed by atoms with Crippen molar-refractivity contribution < 1.29 is 14.6 Å². The average Bonchev–Trinajstić information content (AvgIpc) is 2.42. The first-order valence-corrected chi connectivity index (χ1v) is 7.35. The molecule has 0 bridgehead atoms. The van der Waals surface area contributed by atoms with Crippen LogP contribution >= 0.6 is 0 Å². The smallest absolute Gasteiger partial charge is 0.314 e. The number of aliphatic hydroxyl groups is 1. The number of aliphatic hydroxyl groups excluding tert-OH is 1. The minimum Gasteiger partial charge on any atom is -0.491 e. The standard InChI is InChI=1S/C16H26N2O3/c1-11(2)9-17-16(20)18-10-15(19)13-5-7-14(8-6-13)21-12(3)4/h5-8,11-12,15,19H,9-10H2,1-4H3,(H2,17,18,20). The van der Waals surface area contributed by atoms with Gasteiger partial charge < -0.3 is 20.5 Å². The van der Waals surface area contributed by atoms with E-state index in [1.807, 2.05) is 39.8 Å². The predicted octanol–water partition coefficient (Wildman–Crippen LogP) is 2.46. The highest BCUT2D eigenvalue weighted by Crippen LogP contribution is 2.18. The summed E-state index contributed by atoms with van der Waals surface area (Å²) in [5.41, 5.74) is 0.746. The molecule has 0 heterocycles.